The Bertz CT molecular complexity index is 893. The van der Waals surface area contributed by atoms with Crippen LogP contribution in [0.25, 0.3) is 0 Å². The zero-order chi connectivity index (χ0) is 17.0. The first-order chi connectivity index (χ1) is 11.5. The van der Waals surface area contributed by atoms with E-state index in [4.69, 9.17) is 0 Å². The largest absolute Gasteiger partial charge is 0.267 e. The summed E-state index contributed by atoms with van der Waals surface area (Å²) < 4.78 is 29.2. The highest BCUT2D eigenvalue weighted by Gasteiger charge is 2.20. The Morgan fingerprint density at radius 2 is 1.88 bits per heavy atom. The molecule has 0 amide bonds. The molecule has 1 N–H and O–H groups in total. The van der Waals surface area contributed by atoms with Crippen LogP contribution in [0.4, 0.5) is 0 Å². The van der Waals surface area contributed by atoms with Gasteiger partial charge in [-0.25, -0.2) is 13.1 Å². The molecule has 0 unspecified atom stereocenters. The minimum Gasteiger partial charge on any atom is -0.267 e. The van der Waals surface area contributed by atoms with Crippen molar-refractivity contribution in [2.24, 2.45) is 0 Å². The number of rotatable bonds is 6. The lowest BCUT2D eigenvalue weighted by atomic mass is 10.2. The fraction of sp³-hybridized carbons (Fsp3) is 0.176. The average Bonchev–Trinajstić information content (AvgIpc) is 3.06. The highest BCUT2D eigenvalue weighted by Crippen LogP contribution is 2.15. The molecule has 0 aliphatic rings. The van der Waals surface area contributed by atoms with Gasteiger partial charge < -0.3 is 0 Å². The van der Waals surface area contributed by atoms with Crippen LogP contribution in [-0.4, -0.2) is 23.2 Å². The Kier molecular flexibility index (Phi) is 4.73. The van der Waals surface area contributed by atoms with Crippen molar-refractivity contribution >= 4 is 10.0 Å². The van der Waals surface area contributed by atoms with Gasteiger partial charge in [0.25, 0.3) is 0 Å². The van der Waals surface area contributed by atoms with Gasteiger partial charge in [-0.3, -0.25) is 9.67 Å². The Morgan fingerprint density at radius 1 is 1.12 bits per heavy atom. The molecule has 7 heteroatoms. The van der Waals surface area contributed by atoms with Gasteiger partial charge in [0, 0.05) is 12.4 Å². The van der Waals surface area contributed by atoms with Gasteiger partial charge in [-0.1, -0.05) is 36.4 Å². The second kappa shape index (κ2) is 6.94. The van der Waals surface area contributed by atoms with Crippen molar-refractivity contribution in [1.29, 1.82) is 0 Å². The summed E-state index contributed by atoms with van der Waals surface area (Å²) in [6, 6.07) is 14.7. The minimum absolute atomic E-state index is 0.140. The van der Waals surface area contributed by atoms with Crippen LogP contribution in [0.3, 0.4) is 0 Å². The van der Waals surface area contributed by atoms with Crippen molar-refractivity contribution in [2.45, 2.75) is 24.4 Å². The molecule has 124 valence electrons. The molecule has 0 fully saturated rings. The Labute approximate surface area is 141 Å². The van der Waals surface area contributed by atoms with Gasteiger partial charge in [0.1, 0.15) is 4.90 Å². The predicted molar refractivity (Wildman–Crippen MR) is 90.7 cm³/mol. The average molecular weight is 342 g/mol. The summed E-state index contributed by atoms with van der Waals surface area (Å²) in [6.45, 7) is 2.28. The molecule has 3 aromatic rings. The van der Waals surface area contributed by atoms with E-state index in [-0.39, 0.29) is 4.90 Å². The first kappa shape index (κ1) is 16.4. The quantitative estimate of drug-likeness (QED) is 0.746. The SMILES string of the molecule is C[C@@H](NS(=O)(=O)c1cnn(Cc2ccccc2)c1)c1ccccn1. The van der Waals surface area contributed by atoms with E-state index in [1.807, 2.05) is 36.4 Å². The van der Waals surface area contributed by atoms with Gasteiger partial charge >= 0.3 is 0 Å². The minimum atomic E-state index is -3.65. The summed E-state index contributed by atoms with van der Waals surface area (Å²) >= 11 is 0. The van der Waals surface area contributed by atoms with Crippen molar-refractivity contribution in [1.82, 2.24) is 19.5 Å². The van der Waals surface area contributed by atoms with E-state index in [0.717, 1.165) is 5.56 Å². The van der Waals surface area contributed by atoms with Crippen LogP contribution < -0.4 is 4.72 Å². The van der Waals surface area contributed by atoms with Crippen molar-refractivity contribution in [3.8, 4) is 0 Å². The molecule has 0 saturated carbocycles. The van der Waals surface area contributed by atoms with E-state index in [1.165, 1.54) is 12.4 Å². The van der Waals surface area contributed by atoms with E-state index >= 15 is 0 Å². The Hall–Kier alpha value is -2.51. The number of aromatic nitrogens is 3. The van der Waals surface area contributed by atoms with Crippen molar-refractivity contribution in [3.05, 3.63) is 78.4 Å². The topological polar surface area (TPSA) is 76.9 Å². The molecule has 1 atom stereocenters. The first-order valence-electron chi connectivity index (χ1n) is 7.54. The molecule has 0 saturated heterocycles. The predicted octanol–water partition coefficient (Wildman–Crippen LogP) is 2.37. The molecule has 2 aromatic heterocycles. The molecule has 3 rings (SSSR count). The standard InChI is InChI=1S/C17H18N4O2S/c1-14(17-9-5-6-10-18-17)20-24(22,23)16-11-19-21(13-16)12-15-7-3-2-4-8-15/h2-11,13-14,20H,12H2,1H3/t14-/m1/s1. The highest BCUT2D eigenvalue weighted by atomic mass is 32.2. The maximum atomic E-state index is 12.5. The number of nitrogens with zero attached hydrogens (tertiary/aromatic N) is 3. The summed E-state index contributed by atoms with van der Waals surface area (Å²) in [5, 5.41) is 4.14. The van der Waals surface area contributed by atoms with E-state index in [2.05, 4.69) is 14.8 Å². The van der Waals surface area contributed by atoms with Crippen molar-refractivity contribution < 1.29 is 8.42 Å². The second-order valence-corrected chi connectivity index (χ2v) is 7.17. The van der Waals surface area contributed by atoms with Crippen LogP contribution in [0.2, 0.25) is 0 Å². The number of hydrogen-bond acceptors (Lipinski definition) is 4. The molecule has 0 bridgehead atoms. The summed E-state index contributed by atoms with van der Waals surface area (Å²) in [4.78, 5) is 4.31. The smallest absolute Gasteiger partial charge is 0.244 e. The first-order valence-corrected chi connectivity index (χ1v) is 9.02. The van der Waals surface area contributed by atoms with Crippen LogP contribution in [-0.2, 0) is 16.6 Å². The maximum Gasteiger partial charge on any atom is 0.244 e. The van der Waals surface area contributed by atoms with Gasteiger partial charge in [0.2, 0.25) is 10.0 Å². The third-order valence-corrected chi connectivity index (χ3v) is 5.07. The molecule has 0 spiro atoms. The molecule has 2 heterocycles. The normalized spacial score (nSPS) is 12.9. The summed E-state index contributed by atoms with van der Waals surface area (Å²) in [5.74, 6) is 0. The number of benzene rings is 1. The number of hydrogen-bond donors (Lipinski definition) is 1. The summed E-state index contributed by atoms with van der Waals surface area (Å²) in [7, 11) is -3.65. The second-order valence-electron chi connectivity index (χ2n) is 5.46. The number of sulfonamides is 1. The van der Waals surface area contributed by atoms with Gasteiger partial charge in [-0.15, -0.1) is 0 Å². The van der Waals surface area contributed by atoms with Gasteiger partial charge in [0.05, 0.1) is 24.5 Å². The third kappa shape index (κ3) is 3.87. The molecule has 0 radical (unpaired) electrons. The molecular formula is C17H18N4O2S. The summed E-state index contributed by atoms with van der Waals surface area (Å²) in [5.41, 5.74) is 1.72. The van der Waals surface area contributed by atoms with E-state index < -0.39 is 16.1 Å². The van der Waals surface area contributed by atoms with Gasteiger partial charge in [-0.2, -0.15) is 5.10 Å². The molecular weight excluding hydrogens is 324 g/mol. The molecule has 1 aromatic carbocycles. The number of pyridine rings is 1. The molecule has 0 aliphatic carbocycles. The van der Waals surface area contributed by atoms with Crippen LogP contribution in [0.15, 0.2) is 72.0 Å². The zero-order valence-electron chi connectivity index (χ0n) is 13.2. The lowest BCUT2D eigenvalue weighted by Crippen LogP contribution is -2.27. The van der Waals surface area contributed by atoms with Gasteiger partial charge in [0.15, 0.2) is 0 Å². The zero-order valence-corrected chi connectivity index (χ0v) is 14.0. The van der Waals surface area contributed by atoms with Crippen LogP contribution in [0.1, 0.15) is 24.2 Å². The van der Waals surface area contributed by atoms with Gasteiger partial charge in [-0.05, 0) is 24.6 Å². The van der Waals surface area contributed by atoms with Crippen LogP contribution in [0.5, 0.6) is 0 Å². The van der Waals surface area contributed by atoms with Crippen LogP contribution in [0, 0.1) is 0 Å². The fourth-order valence-corrected chi connectivity index (χ4v) is 3.50. The molecule has 24 heavy (non-hydrogen) atoms. The Balaban J connectivity index is 1.73. The lowest BCUT2D eigenvalue weighted by Gasteiger charge is -2.12. The third-order valence-electron chi connectivity index (χ3n) is 3.57. The van der Waals surface area contributed by atoms with E-state index in [1.54, 1.807) is 29.9 Å². The number of nitrogens with one attached hydrogen (secondary N) is 1. The van der Waals surface area contributed by atoms with E-state index in [9.17, 15) is 8.42 Å². The summed E-state index contributed by atoms with van der Waals surface area (Å²) in [6.07, 6.45) is 4.52. The van der Waals surface area contributed by atoms with Crippen LogP contribution >= 0.6 is 0 Å². The maximum absolute atomic E-state index is 12.5. The fourth-order valence-electron chi connectivity index (χ4n) is 2.33. The van der Waals surface area contributed by atoms with Crippen molar-refractivity contribution in [3.63, 3.8) is 0 Å². The lowest BCUT2D eigenvalue weighted by molar-refractivity contribution is 0.563. The monoisotopic (exact) mass is 342 g/mol. The Morgan fingerprint density at radius 3 is 2.58 bits per heavy atom. The van der Waals surface area contributed by atoms with Crippen molar-refractivity contribution in [2.75, 3.05) is 0 Å². The molecule has 6 nitrogen and oxygen atoms in total. The highest BCUT2D eigenvalue weighted by molar-refractivity contribution is 7.89. The van der Waals surface area contributed by atoms with E-state index in [0.29, 0.717) is 12.2 Å². The molecule has 0 aliphatic heterocycles.